The van der Waals surface area contributed by atoms with Crippen molar-refractivity contribution >= 4 is 29.2 Å². The molecule has 1 fully saturated rings. The minimum atomic E-state index is 0.0681. The number of benzene rings is 1. The van der Waals surface area contributed by atoms with E-state index in [1.165, 1.54) is 0 Å². The normalized spacial score (nSPS) is 21.7. The van der Waals surface area contributed by atoms with Gasteiger partial charge >= 0.3 is 0 Å². The van der Waals surface area contributed by atoms with Crippen LogP contribution in [0.15, 0.2) is 23.2 Å². The van der Waals surface area contributed by atoms with Crippen molar-refractivity contribution in [2.45, 2.75) is 38.9 Å². The number of halogens is 2. The highest BCUT2D eigenvalue weighted by Gasteiger charge is 2.23. The number of rotatable bonds is 5. The maximum atomic E-state index is 6.11. The maximum Gasteiger partial charge on any atom is 0.191 e. The first-order valence-electron chi connectivity index (χ1n) is 8.68. The van der Waals surface area contributed by atoms with Crippen LogP contribution < -0.4 is 10.6 Å². The van der Waals surface area contributed by atoms with Crippen molar-refractivity contribution in [3.05, 3.63) is 33.8 Å². The van der Waals surface area contributed by atoms with Gasteiger partial charge in [-0.2, -0.15) is 0 Å². The molecule has 0 aromatic heterocycles. The summed E-state index contributed by atoms with van der Waals surface area (Å²) >= 11 is 12.1. The molecule has 0 saturated carbocycles. The van der Waals surface area contributed by atoms with Crippen LogP contribution in [0.25, 0.3) is 0 Å². The first-order chi connectivity index (χ1) is 11.9. The summed E-state index contributed by atoms with van der Waals surface area (Å²) in [4.78, 5) is 6.79. The summed E-state index contributed by atoms with van der Waals surface area (Å²) < 4.78 is 5.51. The molecule has 7 heteroatoms. The highest BCUT2D eigenvalue weighted by Crippen LogP contribution is 2.25. The van der Waals surface area contributed by atoms with E-state index in [4.69, 9.17) is 27.9 Å². The van der Waals surface area contributed by atoms with E-state index in [0.29, 0.717) is 22.1 Å². The molecular weight excluding hydrogens is 359 g/mol. The van der Waals surface area contributed by atoms with Crippen molar-refractivity contribution in [2.75, 3.05) is 33.4 Å². The Kier molecular flexibility index (Phi) is 7.81. The van der Waals surface area contributed by atoms with Crippen LogP contribution in [-0.2, 0) is 4.74 Å². The summed E-state index contributed by atoms with van der Waals surface area (Å²) in [5.41, 5.74) is 1.06. The van der Waals surface area contributed by atoms with Crippen molar-refractivity contribution in [3.8, 4) is 0 Å². The van der Waals surface area contributed by atoms with E-state index in [1.54, 1.807) is 7.05 Å². The number of ether oxygens (including phenoxy) is 1. The number of hydrogen-bond acceptors (Lipinski definition) is 3. The van der Waals surface area contributed by atoms with Gasteiger partial charge in [0.15, 0.2) is 5.96 Å². The standard InChI is InChI=1S/C18H28Cl2N4O/c1-12(24-7-8-25-11-13(24)2)10-22-18(21-4)23-14(3)15-5-6-16(19)17(20)9-15/h5-6,9,12-14H,7-8,10-11H2,1-4H3,(H2,21,22,23). The number of hydrogen-bond donors (Lipinski definition) is 2. The lowest BCUT2D eigenvalue weighted by atomic mass is 10.1. The second kappa shape index (κ2) is 9.62. The van der Waals surface area contributed by atoms with Crippen molar-refractivity contribution in [3.63, 3.8) is 0 Å². The number of nitrogens with zero attached hydrogens (tertiary/aromatic N) is 2. The van der Waals surface area contributed by atoms with E-state index in [1.807, 2.05) is 18.2 Å². The summed E-state index contributed by atoms with van der Waals surface area (Å²) in [6.45, 7) is 9.88. The summed E-state index contributed by atoms with van der Waals surface area (Å²) in [5, 5.41) is 7.93. The van der Waals surface area contributed by atoms with Gasteiger partial charge in [-0.1, -0.05) is 29.3 Å². The van der Waals surface area contributed by atoms with Gasteiger partial charge in [-0.15, -0.1) is 0 Å². The van der Waals surface area contributed by atoms with Crippen LogP contribution in [-0.4, -0.2) is 56.3 Å². The highest BCUT2D eigenvalue weighted by molar-refractivity contribution is 6.42. The zero-order valence-corrected chi connectivity index (χ0v) is 16.9. The molecule has 2 N–H and O–H groups in total. The number of morpholine rings is 1. The first kappa shape index (κ1) is 20.3. The number of guanidine groups is 1. The quantitative estimate of drug-likeness (QED) is 0.601. The summed E-state index contributed by atoms with van der Waals surface area (Å²) in [5.74, 6) is 0.770. The smallest absolute Gasteiger partial charge is 0.191 e. The fraction of sp³-hybridized carbons (Fsp3) is 0.611. The molecule has 1 aromatic rings. The van der Waals surface area contributed by atoms with Gasteiger partial charge in [-0.25, -0.2) is 0 Å². The third-order valence-corrected chi connectivity index (χ3v) is 5.31. The van der Waals surface area contributed by atoms with Gasteiger partial charge in [0.25, 0.3) is 0 Å². The predicted octanol–water partition coefficient (Wildman–Crippen LogP) is 3.33. The van der Waals surface area contributed by atoms with Crippen molar-refractivity contribution < 1.29 is 4.74 Å². The molecule has 2 rings (SSSR count). The Labute approximate surface area is 160 Å². The largest absolute Gasteiger partial charge is 0.379 e. The minimum Gasteiger partial charge on any atom is -0.379 e. The average Bonchev–Trinajstić information content (AvgIpc) is 2.60. The molecule has 0 spiro atoms. The van der Waals surface area contributed by atoms with Crippen molar-refractivity contribution in [1.29, 1.82) is 0 Å². The monoisotopic (exact) mass is 386 g/mol. The molecule has 1 aliphatic heterocycles. The lowest BCUT2D eigenvalue weighted by molar-refractivity contribution is -0.0174. The van der Waals surface area contributed by atoms with Gasteiger partial charge in [-0.3, -0.25) is 9.89 Å². The molecule has 5 nitrogen and oxygen atoms in total. The molecule has 0 radical (unpaired) electrons. The number of aliphatic imine (C=N–C) groups is 1. The molecule has 1 saturated heterocycles. The van der Waals surface area contributed by atoms with Crippen LogP contribution in [0, 0.1) is 0 Å². The van der Waals surface area contributed by atoms with Gasteiger partial charge in [0, 0.05) is 32.2 Å². The van der Waals surface area contributed by atoms with Crippen LogP contribution in [0.2, 0.25) is 10.0 Å². The van der Waals surface area contributed by atoms with Gasteiger partial charge < -0.3 is 15.4 Å². The number of nitrogens with one attached hydrogen (secondary N) is 2. The fourth-order valence-corrected chi connectivity index (χ4v) is 3.33. The molecule has 0 aliphatic carbocycles. The average molecular weight is 387 g/mol. The van der Waals surface area contributed by atoms with E-state index >= 15 is 0 Å². The van der Waals surface area contributed by atoms with Gasteiger partial charge in [0.1, 0.15) is 0 Å². The Morgan fingerprint density at radius 3 is 2.76 bits per heavy atom. The fourth-order valence-electron chi connectivity index (χ4n) is 3.02. The Morgan fingerprint density at radius 1 is 1.36 bits per heavy atom. The highest BCUT2D eigenvalue weighted by atomic mass is 35.5. The lowest BCUT2D eigenvalue weighted by Crippen LogP contribution is -2.53. The molecule has 1 aromatic carbocycles. The van der Waals surface area contributed by atoms with E-state index in [9.17, 15) is 0 Å². The molecule has 1 heterocycles. The topological polar surface area (TPSA) is 48.9 Å². The zero-order chi connectivity index (χ0) is 18.4. The first-order valence-corrected chi connectivity index (χ1v) is 9.43. The molecular formula is C18H28Cl2N4O. The SMILES string of the molecule is CN=C(NCC(C)N1CCOCC1C)NC(C)c1ccc(Cl)c(Cl)c1. The zero-order valence-electron chi connectivity index (χ0n) is 15.4. The van der Waals surface area contributed by atoms with Crippen molar-refractivity contribution in [2.24, 2.45) is 4.99 Å². The summed E-state index contributed by atoms with van der Waals surface area (Å²) in [7, 11) is 1.78. The third kappa shape index (κ3) is 5.74. The Morgan fingerprint density at radius 2 is 2.12 bits per heavy atom. The summed E-state index contributed by atoms with van der Waals surface area (Å²) in [6.07, 6.45) is 0. The minimum absolute atomic E-state index is 0.0681. The van der Waals surface area contributed by atoms with E-state index in [0.717, 1.165) is 37.8 Å². The Bertz CT molecular complexity index is 596. The Balaban J connectivity index is 1.88. The van der Waals surface area contributed by atoms with E-state index < -0.39 is 0 Å². The van der Waals surface area contributed by atoms with Crippen molar-refractivity contribution in [1.82, 2.24) is 15.5 Å². The van der Waals surface area contributed by atoms with Gasteiger partial charge in [-0.05, 0) is 38.5 Å². The van der Waals surface area contributed by atoms with Crippen LogP contribution in [0.3, 0.4) is 0 Å². The third-order valence-electron chi connectivity index (χ3n) is 4.57. The maximum absolute atomic E-state index is 6.11. The molecule has 0 amide bonds. The van der Waals surface area contributed by atoms with Crippen LogP contribution in [0.5, 0.6) is 0 Å². The second-order valence-corrected chi connectivity index (χ2v) is 7.32. The molecule has 25 heavy (non-hydrogen) atoms. The van der Waals surface area contributed by atoms with Crippen LogP contribution in [0.1, 0.15) is 32.4 Å². The second-order valence-electron chi connectivity index (χ2n) is 6.50. The van der Waals surface area contributed by atoms with Gasteiger partial charge in [0.05, 0.1) is 29.3 Å². The summed E-state index contributed by atoms with van der Waals surface area (Å²) in [6, 6.07) is 6.58. The Hall–Kier alpha value is -1.01. The molecule has 0 bridgehead atoms. The van der Waals surface area contributed by atoms with E-state index in [2.05, 4.69) is 41.3 Å². The van der Waals surface area contributed by atoms with Gasteiger partial charge in [0.2, 0.25) is 0 Å². The molecule has 1 aliphatic rings. The lowest BCUT2D eigenvalue weighted by Gasteiger charge is -2.38. The molecule has 3 atom stereocenters. The van der Waals surface area contributed by atoms with E-state index in [-0.39, 0.29) is 6.04 Å². The predicted molar refractivity (Wildman–Crippen MR) is 106 cm³/mol. The molecule has 3 unspecified atom stereocenters. The molecule has 140 valence electrons. The van der Waals surface area contributed by atoms with Crippen LogP contribution in [0.4, 0.5) is 0 Å². The van der Waals surface area contributed by atoms with Crippen LogP contribution >= 0.6 is 23.2 Å².